The highest BCUT2D eigenvalue weighted by molar-refractivity contribution is 5.59. The largest absolute Gasteiger partial charge is 0.461 e. The summed E-state index contributed by atoms with van der Waals surface area (Å²) in [7, 11) is 0. The van der Waals surface area contributed by atoms with Crippen LogP contribution in [0.2, 0.25) is 0 Å². The van der Waals surface area contributed by atoms with Crippen molar-refractivity contribution in [1.29, 1.82) is 0 Å². The van der Waals surface area contributed by atoms with Crippen LogP contribution in [0.5, 0.6) is 0 Å². The second kappa shape index (κ2) is 10.1. The predicted molar refractivity (Wildman–Crippen MR) is 138 cm³/mol. The van der Waals surface area contributed by atoms with Crippen molar-refractivity contribution in [1.82, 2.24) is 29.5 Å². The molecule has 0 atom stereocenters. The lowest BCUT2D eigenvalue weighted by atomic mass is 10.1. The molecule has 6 rings (SSSR count). The minimum atomic E-state index is -0.565. The van der Waals surface area contributed by atoms with E-state index in [1.165, 1.54) is 16.6 Å². The van der Waals surface area contributed by atoms with Crippen LogP contribution in [0.4, 0.5) is 26.2 Å². The molecule has 1 aromatic carbocycles. The van der Waals surface area contributed by atoms with Crippen LogP contribution in [0.1, 0.15) is 11.1 Å². The van der Waals surface area contributed by atoms with Gasteiger partial charge in [0, 0.05) is 63.8 Å². The monoisotopic (exact) mass is 517 g/mol. The Morgan fingerprint density at radius 2 is 1.82 bits per heavy atom. The number of halogens is 2. The molecule has 1 saturated heterocycles. The molecule has 0 amide bonds. The third kappa shape index (κ3) is 4.98. The fraction of sp³-hybridized carbons (Fsp3) is 0.231. The molecule has 4 aromatic heterocycles. The van der Waals surface area contributed by atoms with Crippen molar-refractivity contribution in [2.75, 3.05) is 42.1 Å². The number of hydrogen-bond donors (Lipinski definition) is 2. The van der Waals surface area contributed by atoms with Crippen LogP contribution in [-0.2, 0) is 13.1 Å². The number of fused-ring (bicyclic) bond motifs is 1. The molecule has 12 heteroatoms. The Morgan fingerprint density at radius 1 is 0.974 bits per heavy atom. The number of aromatic nitrogens is 5. The Kier molecular flexibility index (Phi) is 6.30. The number of pyridine rings is 1. The summed E-state index contributed by atoms with van der Waals surface area (Å²) in [5, 5.41) is 7.64. The molecular weight excluding hydrogens is 492 g/mol. The second-order valence-electron chi connectivity index (χ2n) is 9.10. The fourth-order valence-electron chi connectivity index (χ4n) is 4.57. The summed E-state index contributed by atoms with van der Waals surface area (Å²) in [4.78, 5) is 17.5. The summed E-state index contributed by atoms with van der Waals surface area (Å²) in [5.41, 5.74) is 9.17. The zero-order valence-corrected chi connectivity index (χ0v) is 20.4. The Bertz CT molecular complexity index is 1560. The summed E-state index contributed by atoms with van der Waals surface area (Å²) in [6, 6.07) is 11.1. The van der Waals surface area contributed by atoms with Gasteiger partial charge in [0.15, 0.2) is 11.4 Å². The van der Waals surface area contributed by atoms with Crippen LogP contribution in [0.25, 0.3) is 17.2 Å². The quantitative estimate of drug-likeness (QED) is 0.334. The van der Waals surface area contributed by atoms with Gasteiger partial charge in [-0.05, 0) is 41.5 Å². The van der Waals surface area contributed by atoms with Gasteiger partial charge in [-0.1, -0.05) is 0 Å². The van der Waals surface area contributed by atoms with E-state index in [-0.39, 0.29) is 5.95 Å². The maximum absolute atomic E-state index is 14.1. The average molecular weight is 518 g/mol. The van der Waals surface area contributed by atoms with Crippen LogP contribution < -0.4 is 16.0 Å². The molecule has 5 aromatic rings. The molecule has 3 N–H and O–H groups in total. The van der Waals surface area contributed by atoms with Crippen LogP contribution in [-0.4, -0.2) is 55.6 Å². The van der Waals surface area contributed by atoms with Crippen LogP contribution in [0, 0.1) is 11.6 Å². The van der Waals surface area contributed by atoms with Gasteiger partial charge in [-0.15, -0.1) is 5.10 Å². The highest BCUT2D eigenvalue weighted by atomic mass is 19.1. The first-order chi connectivity index (χ1) is 18.5. The topological polar surface area (TPSA) is 114 Å². The van der Waals surface area contributed by atoms with E-state index in [9.17, 15) is 8.78 Å². The normalized spacial score (nSPS) is 14.3. The number of nitrogens with one attached hydrogen (secondary N) is 1. The summed E-state index contributed by atoms with van der Waals surface area (Å²) in [6.07, 6.45) is 5.22. The average Bonchev–Trinajstić information content (AvgIpc) is 3.59. The maximum Gasteiger partial charge on any atom is 0.225 e. The SMILES string of the molecule is Nc1nc(NCc2cncc(CN3CCN(c4ccc(F)cc4F)CC3)c2)cc2nc(-c3ccco3)nn12. The zero-order chi connectivity index (χ0) is 26.1. The molecule has 0 radical (unpaired) electrons. The van der Waals surface area contributed by atoms with Gasteiger partial charge in [-0.25, -0.2) is 13.8 Å². The number of benzene rings is 1. The van der Waals surface area contributed by atoms with E-state index < -0.39 is 11.6 Å². The van der Waals surface area contributed by atoms with E-state index in [1.54, 1.807) is 30.7 Å². The molecular formula is C26H25F2N9O. The van der Waals surface area contributed by atoms with Crippen LogP contribution >= 0.6 is 0 Å². The van der Waals surface area contributed by atoms with E-state index in [4.69, 9.17) is 10.2 Å². The number of furan rings is 1. The zero-order valence-electron chi connectivity index (χ0n) is 20.4. The van der Waals surface area contributed by atoms with E-state index >= 15 is 0 Å². The summed E-state index contributed by atoms with van der Waals surface area (Å²) in [6.45, 7) is 4.09. The smallest absolute Gasteiger partial charge is 0.225 e. The van der Waals surface area contributed by atoms with Crippen molar-refractivity contribution >= 4 is 23.1 Å². The minimum Gasteiger partial charge on any atom is -0.461 e. The number of nitrogen functional groups attached to an aromatic ring is 1. The van der Waals surface area contributed by atoms with Crippen molar-refractivity contribution in [3.05, 3.63) is 83.9 Å². The first-order valence-corrected chi connectivity index (χ1v) is 12.2. The number of nitrogens with two attached hydrogens (primary N) is 1. The molecule has 0 spiro atoms. The Hall–Kier alpha value is -4.58. The summed E-state index contributed by atoms with van der Waals surface area (Å²) >= 11 is 0. The lowest BCUT2D eigenvalue weighted by molar-refractivity contribution is 0.249. The number of hydrogen-bond acceptors (Lipinski definition) is 9. The third-order valence-electron chi connectivity index (χ3n) is 6.45. The molecule has 1 aliphatic rings. The Morgan fingerprint density at radius 3 is 2.61 bits per heavy atom. The molecule has 0 bridgehead atoms. The number of anilines is 3. The fourth-order valence-corrected chi connectivity index (χ4v) is 4.57. The lowest BCUT2D eigenvalue weighted by Gasteiger charge is -2.36. The van der Waals surface area contributed by atoms with Crippen molar-refractivity contribution < 1.29 is 13.2 Å². The highest BCUT2D eigenvalue weighted by Crippen LogP contribution is 2.23. The molecule has 1 aliphatic heterocycles. The van der Waals surface area contributed by atoms with Crippen molar-refractivity contribution in [3.63, 3.8) is 0 Å². The van der Waals surface area contributed by atoms with Gasteiger partial charge in [0.25, 0.3) is 0 Å². The third-order valence-corrected chi connectivity index (χ3v) is 6.45. The van der Waals surface area contributed by atoms with E-state index in [1.807, 2.05) is 11.1 Å². The number of nitrogens with zero attached hydrogens (tertiary/aromatic N) is 7. The Balaban J connectivity index is 1.07. The van der Waals surface area contributed by atoms with Gasteiger partial charge < -0.3 is 20.4 Å². The van der Waals surface area contributed by atoms with Crippen molar-refractivity contribution in [3.8, 4) is 11.6 Å². The molecule has 0 aliphatic carbocycles. The Labute approximate surface area is 216 Å². The first kappa shape index (κ1) is 23.8. The standard InChI is InChI=1S/C26H25F2N9O/c27-19-3-4-21(20(28)11-19)36-7-5-35(6-8-36)16-18-10-17(13-30-14-18)15-31-23-12-24-33-25(22-2-1-9-38-22)34-37(24)26(29)32-23/h1-4,9-14,31H,5-8,15-16H2,(H2,29,32). The van der Waals surface area contributed by atoms with Gasteiger partial charge in [0.1, 0.15) is 17.5 Å². The minimum absolute atomic E-state index is 0.210. The van der Waals surface area contributed by atoms with E-state index in [0.29, 0.717) is 48.4 Å². The molecule has 0 unspecified atom stereocenters. The molecule has 194 valence electrons. The molecule has 1 fully saturated rings. The number of rotatable bonds is 7. The van der Waals surface area contributed by atoms with Gasteiger partial charge in [-0.3, -0.25) is 9.88 Å². The highest BCUT2D eigenvalue weighted by Gasteiger charge is 2.20. The van der Waals surface area contributed by atoms with Gasteiger partial charge in [0.2, 0.25) is 11.8 Å². The number of piperazine rings is 1. The van der Waals surface area contributed by atoms with Gasteiger partial charge in [0.05, 0.1) is 12.0 Å². The van der Waals surface area contributed by atoms with Gasteiger partial charge in [-0.2, -0.15) is 9.50 Å². The first-order valence-electron chi connectivity index (χ1n) is 12.2. The van der Waals surface area contributed by atoms with Crippen molar-refractivity contribution in [2.24, 2.45) is 0 Å². The van der Waals surface area contributed by atoms with Crippen LogP contribution in [0.3, 0.4) is 0 Å². The van der Waals surface area contributed by atoms with Crippen molar-refractivity contribution in [2.45, 2.75) is 13.1 Å². The summed E-state index contributed by atoms with van der Waals surface area (Å²) < 4.78 is 34.2. The summed E-state index contributed by atoms with van der Waals surface area (Å²) in [5.74, 6) is 0.671. The molecule has 5 heterocycles. The van der Waals surface area contributed by atoms with E-state index in [0.717, 1.165) is 36.8 Å². The predicted octanol–water partition coefficient (Wildman–Crippen LogP) is 3.57. The molecule has 0 saturated carbocycles. The van der Waals surface area contributed by atoms with Gasteiger partial charge >= 0.3 is 0 Å². The van der Waals surface area contributed by atoms with E-state index in [2.05, 4.69) is 36.3 Å². The second-order valence-corrected chi connectivity index (χ2v) is 9.10. The molecule has 38 heavy (non-hydrogen) atoms. The lowest BCUT2D eigenvalue weighted by Crippen LogP contribution is -2.46. The molecule has 10 nitrogen and oxygen atoms in total. The maximum atomic E-state index is 14.1. The van der Waals surface area contributed by atoms with Crippen LogP contribution in [0.15, 0.2) is 65.5 Å².